The van der Waals surface area contributed by atoms with E-state index in [9.17, 15) is 0 Å². The number of nitrogens with zero attached hydrogens (tertiary/aromatic N) is 1. The van der Waals surface area contributed by atoms with Crippen LogP contribution in [0.1, 0.15) is 51.2 Å². The van der Waals surface area contributed by atoms with Crippen LogP contribution >= 0.6 is 0 Å². The van der Waals surface area contributed by atoms with Crippen molar-refractivity contribution in [3.8, 4) is 0 Å². The number of nitrogens with one attached hydrogen (secondary N) is 1. The Labute approximate surface area is 124 Å². The molecule has 1 heterocycles. The Hall–Kier alpha value is -0.860. The summed E-state index contributed by atoms with van der Waals surface area (Å²) in [5.41, 5.74) is 3.19. The second-order valence-electron chi connectivity index (χ2n) is 7.32. The molecule has 0 amide bonds. The summed E-state index contributed by atoms with van der Waals surface area (Å²) in [5.74, 6) is 0. The van der Waals surface area contributed by atoms with Gasteiger partial charge in [-0.25, -0.2) is 0 Å². The van der Waals surface area contributed by atoms with E-state index in [1.54, 1.807) is 0 Å². The number of rotatable bonds is 5. The zero-order valence-corrected chi connectivity index (χ0v) is 13.4. The molecule has 0 atom stereocenters. The maximum absolute atomic E-state index is 3.53. The second-order valence-corrected chi connectivity index (χ2v) is 7.32. The van der Waals surface area contributed by atoms with Gasteiger partial charge >= 0.3 is 0 Å². The van der Waals surface area contributed by atoms with Crippen molar-refractivity contribution in [2.75, 3.05) is 19.6 Å². The molecule has 2 nitrogen and oxygen atoms in total. The molecule has 1 saturated heterocycles. The normalized spacial score (nSPS) is 17.4. The zero-order valence-electron chi connectivity index (χ0n) is 13.4. The first-order chi connectivity index (χ1) is 9.53. The van der Waals surface area contributed by atoms with Crippen molar-refractivity contribution in [1.82, 2.24) is 10.2 Å². The second kappa shape index (κ2) is 7.24. The molecule has 20 heavy (non-hydrogen) atoms. The van der Waals surface area contributed by atoms with E-state index in [0.717, 1.165) is 19.6 Å². The molecule has 1 N–H and O–H groups in total. The molecule has 1 aliphatic rings. The lowest BCUT2D eigenvalue weighted by Gasteiger charge is -2.26. The Morgan fingerprint density at radius 3 is 2.15 bits per heavy atom. The van der Waals surface area contributed by atoms with E-state index < -0.39 is 0 Å². The molecule has 1 aromatic carbocycles. The molecule has 0 radical (unpaired) electrons. The van der Waals surface area contributed by atoms with Crippen LogP contribution in [0.5, 0.6) is 0 Å². The lowest BCUT2D eigenvalue weighted by atomic mass is 9.97. The molecular formula is C18H30N2. The number of hydrogen-bond donors (Lipinski definition) is 1. The fourth-order valence-electron chi connectivity index (χ4n) is 2.72. The maximum Gasteiger partial charge on any atom is 0.0233 e. The zero-order chi connectivity index (χ0) is 14.4. The molecule has 1 aliphatic heterocycles. The van der Waals surface area contributed by atoms with Crippen LogP contribution in [0, 0.1) is 5.41 Å². The third-order valence-electron chi connectivity index (χ3n) is 3.86. The van der Waals surface area contributed by atoms with E-state index in [1.165, 1.54) is 43.5 Å². The molecule has 0 bridgehead atoms. The third-order valence-corrected chi connectivity index (χ3v) is 3.86. The van der Waals surface area contributed by atoms with Gasteiger partial charge in [-0.3, -0.25) is 4.90 Å². The van der Waals surface area contributed by atoms with Crippen LogP contribution in [0.25, 0.3) is 0 Å². The Morgan fingerprint density at radius 1 is 0.950 bits per heavy atom. The molecule has 1 fully saturated rings. The van der Waals surface area contributed by atoms with Crippen molar-refractivity contribution in [3.05, 3.63) is 35.4 Å². The highest BCUT2D eigenvalue weighted by Gasteiger charge is 2.11. The molecule has 0 aliphatic carbocycles. The Bertz CT molecular complexity index is 383. The first-order valence-electron chi connectivity index (χ1n) is 8.04. The van der Waals surface area contributed by atoms with Gasteiger partial charge in [0.1, 0.15) is 0 Å². The molecule has 1 aromatic rings. The minimum atomic E-state index is 0.355. The number of piperidine rings is 1. The SMILES string of the molecule is CC(C)(C)CNCc1ccc(CN2CCCCC2)cc1. The predicted molar refractivity (Wildman–Crippen MR) is 86.7 cm³/mol. The Morgan fingerprint density at radius 2 is 1.55 bits per heavy atom. The van der Waals surface area contributed by atoms with E-state index >= 15 is 0 Å². The van der Waals surface area contributed by atoms with Crippen LogP contribution in [0.15, 0.2) is 24.3 Å². The van der Waals surface area contributed by atoms with Crippen LogP contribution < -0.4 is 5.32 Å². The highest BCUT2D eigenvalue weighted by molar-refractivity contribution is 5.22. The summed E-state index contributed by atoms with van der Waals surface area (Å²) in [6.07, 6.45) is 4.15. The Balaban J connectivity index is 1.77. The van der Waals surface area contributed by atoms with E-state index in [2.05, 4.69) is 55.3 Å². The van der Waals surface area contributed by atoms with Gasteiger partial charge in [0.2, 0.25) is 0 Å². The smallest absolute Gasteiger partial charge is 0.0233 e. The van der Waals surface area contributed by atoms with E-state index in [0.29, 0.717) is 5.41 Å². The predicted octanol–water partition coefficient (Wildman–Crippen LogP) is 3.81. The van der Waals surface area contributed by atoms with Crippen LogP contribution in [0.2, 0.25) is 0 Å². The third kappa shape index (κ3) is 5.64. The average molecular weight is 274 g/mol. The van der Waals surface area contributed by atoms with Gasteiger partial charge in [0.05, 0.1) is 0 Å². The molecule has 2 heteroatoms. The van der Waals surface area contributed by atoms with E-state index in [-0.39, 0.29) is 0 Å². The summed E-state index contributed by atoms with van der Waals surface area (Å²) in [7, 11) is 0. The van der Waals surface area contributed by atoms with Gasteiger partial charge in [-0.2, -0.15) is 0 Å². The van der Waals surface area contributed by atoms with E-state index in [1.807, 2.05) is 0 Å². The fourth-order valence-corrected chi connectivity index (χ4v) is 2.72. The molecule has 0 spiro atoms. The van der Waals surface area contributed by atoms with Gasteiger partial charge in [0.15, 0.2) is 0 Å². The monoisotopic (exact) mass is 274 g/mol. The Kier molecular flexibility index (Phi) is 5.62. The maximum atomic E-state index is 3.53. The number of benzene rings is 1. The van der Waals surface area contributed by atoms with Crippen molar-refractivity contribution >= 4 is 0 Å². The first kappa shape index (κ1) is 15.5. The highest BCUT2D eigenvalue weighted by atomic mass is 15.1. The summed E-state index contributed by atoms with van der Waals surface area (Å²) in [6.45, 7) is 12.5. The van der Waals surface area contributed by atoms with Crippen molar-refractivity contribution in [2.24, 2.45) is 5.41 Å². The fraction of sp³-hybridized carbons (Fsp3) is 0.667. The summed E-state index contributed by atoms with van der Waals surface area (Å²) in [5, 5.41) is 3.53. The summed E-state index contributed by atoms with van der Waals surface area (Å²) in [4.78, 5) is 2.58. The van der Waals surface area contributed by atoms with Crippen LogP contribution in [-0.4, -0.2) is 24.5 Å². The van der Waals surface area contributed by atoms with Gasteiger partial charge in [-0.15, -0.1) is 0 Å². The van der Waals surface area contributed by atoms with Crippen molar-refractivity contribution in [3.63, 3.8) is 0 Å². The summed E-state index contributed by atoms with van der Waals surface area (Å²) >= 11 is 0. The lowest BCUT2D eigenvalue weighted by molar-refractivity contribution is 0.221. The molecule has 2 rings (SSSR count). The largest absolute Gasteiger partial charge is 0.312 e. The van der Waals surface area contributed by atoms with Crippen molar-refractivity contribution in [2.45, 2.75) is 53.1 Å². The lowest BCUT2D eigenvalue weighted by Crippen LogP contribution is -2.29. The van der Waals surface area contributed by atoms with Gasteiger partial charge < -0.3 is 5.32 Å². The van der Waals surface area contributed by atoms with Crippen LogP contribution in [0.3, 0.4) is 0 Å². The first-order valence-corrected chi connectivity index (χ1v) is 8.04. The summed E-state index contributed by atoms with van der Waals surface area (Å²) in [6, 6.07) is 9.13. The van der Waals surface area contributed by atoms with Gasteiger partial charge in [0, 0.05) is 19.6 Å². The minimum absolute atomic E-state index is 0.355. The van der Waals surface area contributed by atoms with Gasteiger partial charge in [-0.1, -0.05) is 51.5 Å². The van der Waals surface area contributed by atoms with Crippen molar-refractivity contribution < 1.29 is 0 Å². The standard InChI is InChI=1S/C18H30N2/c1-18(2,3)15-19-13-16-7-9-17(10-8-16)14-20-11-5-4-6-12-20/h7-10,19H,4-6,11-15H2,1-3H3. The molecule has 0 aromatic heterocycles. The van der Waals surface area contributed by atoms with Crippen LogP contribution in [0.4, 0.5) is 0 Å². The topological polar surface area (TPSA) is 15.3 Å². The highest BCUT2D eigenvalue weighted by Crippen LogP contribution is 2.14. The quantitative estimate of drug-likeness (QED) is 0.878. The van der Waals surface area contributed by atoms with Crippen molar-refractivity contribution in [1.29, 1.82) is 0 Å². The molecule has 0 saturated carbocycles. The number of likely N-dealkylation sites (tertiary alicyclic amines) is 1. The average Bonchev–Trinajstić information content (AvgIpc) is 2.41. The molecule has 0 unspecified atom stereocenters. The summed E-state index contributed by atoms with van der Waals surface area (Å²) < 4.78 is 0. The van der Waals surface area contributed by atoms with Gasteiger partial charge in [-0.05, 0) is 42.5 Å². The van der Waals surface area contributed by atoms with Gasteiger partial charge in [0.25, 0.3) is 0 Å². The van der Waals surface area contributed by atoms with Crippen LogP contribution in [-0.2, 0) is 13.1 Å². The molecular weight excluding hydrogens is 244 g/mol. The minimum Gasteiger partial charge on any atom is -0.312 e. The molecule has 112 valence electrons. The van der Waals surface area contributed by atoms with E-state index in [4.69, 9.17) is 0 Å². The number of hydrogen-bond acceptors (Lipinski definition) is 2.